The number of fused-ring (bicyclic) bond motifs is 1. The molecule has 0 spiro atoms. The predicted octanol–water partition coefficient (Wildman–Crippen LogP) is 5.86. The van der Waals surface area contributed by atoms with Gasteiger partial charge in [0.05, 0.1) is 12.2 Å². The van der Waals surface area contributed by atoms with E-state index in [0.29, 0.717) is 30.8 Å². The van der Waals surface area contributed by atoms with Gasteiger partial charge >= 0.3 is 12.0 Å². The molecule has 0 saturated carbocycles. The number of nitrogens with zero attached hydrogens (tertiary/aromatic N) is 2. The number of rotatable bonds is 11. The van der Waals surface area contributed by atoms with Gasteiger partial charge in [0.2, 0.25) is 5.91 Å². The number of anilines is 1. The van der Waals surface area contributed by atoms with Crippen molar-refractivity contribution in [1.82, 2.24) is 14.8 Å². The van der Waals surface area contributed by atoms with Gasteiger partial charge in [-0.2, -0.15) is 0 Å². The lowest BCUT2D eigenvalue weighted by atomic mass is 10.1. The number of hydrogen-bond donors (Lipinski definition) is 2. The fourth-order valence-electron chi connectivity index (χ4n) is 4.52. The number of para-hydroxylation sites is 1. The van der Waals surface area contributed by atoms with Crippen molar-refractivity contribution in [3.8, 4) is 0 Å². The zero-order valence-electron chi connectivity index (χ0n) is 23.2. The van der Waals surface area contributed by atoms with Gasteiger partial charge in [-0.25, -0.2) is 9.59 Å². The Kier molecular flexibility index (Phi) is 9.57. The fourth-order valence-corrected chi connectivity index (χ4v) is 4.52. The van der Waals surface area contributed by atoms with Crippen LogP contribution in [0.5, 0.6) is 0 Å². The van der Waals surface area contributed by atoms with E-state index in [0.717, 1.165) is 22.0 Å². The highest BCUT2D eigenvalue weighted by molar-refractivity contribution is 5.94. The summed E-state index contributed by atoms with van der Waals surface area (Å²) < 4.78 is 5.01. The number of aromatic amines is 1. The van der Waals surface area contributed by atoms with E-state index in [2.05, 4.69) is 16.4 Å². The van der Waals surface area contributed by atoms with Gasteiger partial charge in [-0.15, -0.1) is 0 Å². The van der Waals surface area contributed by atoms with E-state index in [1.807, 2.05) is 73.5 Å². The first-order valence-corrected chi connectivity index (χ1v) is 13.6. The number of hydrogen-bond acceptors (Lipinski definition) is 4. The zero-order chi connectivity index (χ0) is 28.5. The molecule has 4 aromatic rings. The molecule has 8 heteroatoms. The molecule has 0 atom stereocenters. The lowest BCUT2D eigenvalue weighted by Crippen LogP contribution is -2.47. The molecule has 2 N–H and O–H groups in total. The molecule has 0 aliphatic rings. The van der Waals surface area contributed by atoms with Gasteiger partial charge in [0.15, 0.2) is 0 Å². The van der Waals surface area contributed by atoms with Gasteiger partial charge in [-0.1, -0.05) is 48.5 Å². The van der Waals surface area contributed by atoms with E-state index >= 15 is 0 Å². The summed E-state index contributed by atoms with van der Waals surface area (Å²) in [6.07, 6.45) is 2.68. The van der Waals surface area contributed by atoms with Gasteiger partial charge < -0.3 is 24.8 Å². The molecular formula is C32H36N4O4. The number of carbonyl (C=O) groups is 3. The van der Waals surface area contributed by atoms with Crippen molar-refractivity contribution in [2.75, 3.05) is 25.0 Å². The van der Waals surface area contributed by atoms with Crippen LogP contribution < -0.4 is 5.32 Å². The summed E-state index contributed by atoms with van der Waals surface area (Å²) in [5.74, 6) is -0.550. The average Bonchev–Trinajstić information content (AvgIpc) is 3.37. The second-order valence-electron chi connectivity index (χ2n) is 9.86. The molecule has 0 radical (unpaired) electrons. The topological polar surface area (TPSA) is 94.7 Å². The normalized spacial score (nSPS) is 10.9. The first-order valence-electron chi connectivity index (χ1n) is 13.6. The highest BCUT2D eigenvalue weighted by Gasteiger charge is 2.24. The maximum Gasteiger partial charge on any atom is 0.338 e. The SMILES string of the molecule is CCOC(=O)c1ccc(NC(=O)N(CC(=O)N(CCc2c[nH]c3ccccc23)Cc2ccccc2)C(C)C)cc1. The molecule has 40 heavy (non-hydrogen) atoms. The highest BCUT2D eigenvalue weighted by Crippen LogP contribution is 2.19. The second kappa shape index (κ2) is 13.5. The first-order chi connectivity index (χ1) is 19.4. The van der Waals surface area contributed by atoms with Gasteiger partial charge in [-0.05, 0) is 68.7 Å². The zero-order valence-corrected chi connectivity index (χ0v) is 23.2. The van der Waals surface area contributed by atoms with Crippen molar-refractivity contribution < 1.29 is 19.1 Å². The molecule has 208 valence electrons. The number of nitrogens with one attached hydrogen (secondary N) is 2. The number of esters is 1. The predicted molar refractivity (Wildman–Crippen MR) is 157 cm³/mol. The minimum Gasteiger partial charge on any atom is -0.462 e. The molecule has 0 aliphatic heterocycles. The lowest BCUT2D eigenvalue weighted by molar-refractivity contribution is -0.132. The Morgan fingerprint density at radius 3 is 2.33 bits per heavy atom. The third-order valence-electron chi connectivity index (χ3n) is 6.73. The summed E-state index contributed by atoms with van der Waals surface area (Å²) in [6.45, 7) is 6.69. The van der Waals surface area contributed by atoms with Crippen LogP contribution in [0.2, 0.25) is 0 Å². The third kappa shape index (κ3) is 7.28. The van der Waals surface area contributed by atoms with Crippen LogP contribution in [0.25, 0.3) is 10.9 Å². The molecule has 4 rings (SSSR count). The van der Waals surface area contributed by atoms with Gasteiger partial charge in [-0.3, -0.25) is 4.79 Å². The van der Waals surface area contributed by atoms with Crippen LogP contribution >= 0.6 is 0 Å². The molecule has 1 aromatic heterocycles. The van der Waals surface area contributed by atoms with Crippen molar-refractivity contribution in [1.29, 1.82) is 0 Å². The average molecular weight is 541 g/mol. The molecule has 0 unspecified atom stereocenters. The Morgan fingerprint density at radius 1 is 0.925 bits per heavy atom. The Balaban J connectivity index is 1.46. The molecule has 3 amide bonds. The molecule has 1 heterocycles. The summed E-state index contributed by atoms with van der Waals surface area (Å²) in [7, 11) is 0. The number of ether oxygens (including phenoxy) is 1. The maximum absolute atomic E-state index is 13.7. The Hall–Kier alpha value is -4.59. The minimum absolute atomic E-state index is 0.0644. The number of carbonyl (C=O) groups excluding carboxylic acids is 3. The van der Waals surface area contributed by atoms with E-state index < -0.39 is 5.97 Å². The molecule has 0 bridgehead atoms. The largest absolute Gasteiger partial charge is 0.462 e. The molecule has 0 aliphatic carbocycles. The van der Waals surface area contributed by atoms with Crippen molar-refractivity contribution in [3.05, 3.63) is 102 Å². The van der Waals surface area contributed by atoms with Crippen molar-refractivity contribution in [3.63, 3.8) is 0 Å². The summed E-state index contributed by atoms with van der Waals surface area (Å²) in [5, 5.41) is 4.00. The Labute approximate surface area is 234 Å². The van der Waals surface area contributed by atoms with Gasteiger partial charge in [0.25, 0.3) is 0 Å². The van der Waals surface area contributed by atoms with Crippen molar-refractivity contribution >= 4 is 34.5 Å². The summed E-state index contributed by atoms with van der Waals surface area (Å²) >= 11 is 0. The standard InChI is InChI=1S/C32H36N4O4/c1-4-40-31(38)25-14-16-27(17-15-25)34-32(39)36(23(2)3)22-30(37)35(21-24-10-6-5-7-11-24)19-18-26-20-33-29-13-9-8-12-28(26)29/h5-17,20,23,33H,4,18-19,21-22H2,1-3H3,(H,34,39). The number of urea groups is 1. The summed E-state index contributed by atoms with van der Waals surface area (Å²) in [4.78, 5) is 45.5. The van der Waals surface area contributed by atoms with Gasteiger partial charge in [0, 0.05) is 41.9 Å². The van der Waals surface area contributed by atoms with Crippen molar-refractivity contribution in [2.45, 2.75) is 39.8 Å². The molecule has 3 aromatic carbocycles. The Morgan fingerprint density at radius 2 is 1.62 bits per heavy atom. The Bertz CT molecular complexity index is 1430. The third-order valence-corrected chi connectivity index (χ3v) is 6.73. The van der Waals surface area contributed by atoms with Crippen LogP contribution in [-0.2, 0) is 22.5 Å². The summed E-state index contributed by atoms with van der Waals surface area (Å²) in [5.41, 5.74) is 4.17. The van der Waals surface area contributed by atoms with E-state index in [1.165, 1.54) is 4.90 Å². The number of H-pyrrole nitrogens is 1. The number of amides is 3. The van der Waals surface area contributed by atoms with Crippen LogP contribution in [-0.4, -0.2) is 58.4 Å². The van der Waals surface area contributed by atoms with E-state index in [-0.39, 0.29) is 31.1 Å². The summed E-state index contributed by atoms with van der Waals surface area (Å²) in [6, 6.07) is 23.9. The van der Waals surface area contributed by atoms with Crippen LogP contribution in [0, 0.1) is 0 Å². The molecule has 0 saturated heterocycles. The van der Waals surface area contributed by atoms with Crippen LogP contribution in [0.15, 0.2) is 85.1 Å². The van der Waals surface area contributed by atoms with E-state index in [1.54, 1.807) is 31.2 Å². The quantitative estimate of drug-likeness (QED) is 0.233. The fraction of sp³-hybridized carbons (Fsp3) is 0.281. The second-order valence-corrected chi connectivity index (χ2v) is 9.86. The van der Waals surface area contributed by atoms with E-state index in [9.17, 15) is 14.4 Å². The minimum atomic E-state index is -0.416. The molecule has 0 fully saturated rings. The monoisotopic (exact) mass is 540 g/mol. The highest BCUT2D eigenvalue weighted by atomic mass is 16.5. The van der Waals surface area contributed by atoms with Gasteiger partial charge in [0.1, 0.15) is 6.54 Å². The van der Waals surface area contributed by atoms with Crippen LogP contribution in [0.3, 0.4) is 0 Å². The number of aromatic nitrogens is 1. The first kappa shape index (κ1) is 28.4. The van der Waals surface area contributed by atoms with Crippen LogP contribution in [0.4, 0.5) is 10.5 Å². The smallest absolute Gasteiger partial charge is 0.338 e. The number of benzene rings is 3. The molecular weight excluding hydrogens is 504 g/mol. The lowest BCUT2D eigenvalue weighted by Gasteiger charge is -2.30. The maximum atomic E-state index is 13.7. The molecule has 8 nitrogen and oxygen atoms in total. The van der Waals surface area contributed by atoms with Crippen molar-refractivity contribution in [2.24, 2.45) is 0 Å². The van der Waals surface area contributed by atoms with Crippen LogP contribution in [0.1, 0.15) is 42.3 Å². The van der Waals surface area contributed by atoms with E-state index in [4.69, 9.17) is 4.74 Å².